The van der Waals surface area contributed by atoms with Crippen LogP contribution in [0.25, 0.3) is 22.3 Å². The Bertz CT molecular complexity index is 2350. The van der Waals surface area contributed by atoms with Crippen LogP contribution in [0.15, 0.2) is 82.4 Å². The molecule has 4 aromatic carbocycles. The molecule has 6 aromatic rings. The van der Waals surface area contributed by atoms with Crippen LogP contribution < -0.4 is 20.6 Å². The number of aryl methyl sites for hydroxylation is 1. The highest BCUT2D eigenvalue weighted by atomic mass is 35.5. The molecule has 2 aromatic heterocycles. The number of aromatic hydroxyl groups is 1. The molecule has 0 amide bonds. The van der Waals surface area contributed by atoms with E-state index in [2.05, 4.69) is 0 Å². The van der Waals surface area contributed by atoms with Gasteiger partial charge in [-0.05, 0) is 86.7 Å². The fourth-order valence-electron chi connectivity index (χ4n) is 6.58. The Morgan fingerprint density at radius 1 is 0.593 bits per heavy atom. The van der Waals surface area contributed by atoms with Gasteiger partial charge in [-0.2, -0.15) is 0 Å². The van der Waals surface area contributed by atoms with Crippen molar-refractivity contribution < 1.29 is 23.4 Å². The average Bonchev–Trinajstić information content (AvgIpc) is 3.55. The first-order valence-electron chi connectivity index (χ1n) is 17.1. The van der Waals surface area contributed by atoms with Crippen LogP contribution >= 0.6 is 46.4 Å². The molecule has 0 aliphatic carbocycles. The molecule has 0 spiro atoms. The second-order valence-electron chi connectivity index (χ2n) is 12.9. The molecule has 0 unspecified atom stereocenters. The fraction of sp³-hybridized carbons (Fsp3) is 0.231. The minimum Gasteiger partial charge on any atom is -0.508 e. The van der Waals surface area contributed by atoms with Gasteiger partial charge in [0.05, 0.1) is 21.2 Å². The number of fused-ring (bicyclic) bond motifs is 2. The minimum absolute atomic E-state index is 0.0207. The lowest BCUT2D eigenvalue weighted by Crippen LogP contribution is -2.27. The molecule has 0 saturated heterocycles. The molecule has 0 fully saturated rings. The Morgan fingerprint density at radius 2 is 1.02 bits per heavy atom. The molecule has 2 aliphatic rings. The first kappa shape index (κ1) is 37.6. The summed E-state index contributed by atoms with van der Waals surface area (Å²) in [7, 11) is 0. The van der Waals surface area contributed by atoms with E-state index in [1.54, 1.807) is 32.2 Å². The summed E-state index contributed by atoms with van der Waals surface area (Å²) in [6.45, 7) is 4.30. The summed E-state index contributed by atoms with van der Waals surface area (Å²) in [4.78, 5) is 25.6. The number of phenolic OH excluding ortho intramolecular Hbond substituents is 1. The van der Waals surface area contributed by atoms with E-state index in [0.717, 1.165) is 43.4 Å². The number of phenols is 1. The number of halogens is 6. The average molecular weight is 817 g/mol. The lowest BCUT2D eigenvalue weighted by atomic mass is 10.1. The van der Waals surface area contributed by atoms with E-state index in [1.807, 2.05) is 25.1 Å². The van der Waals surface area contributed by atoms with Crippen molar-refractivity contribution in [3.63, 3.8) is 0 Å². The highest BCUT2D eigenvalue weighted by Crippen LogP contribution is 2.39. The Morgan fingerprint density at radius 3 is 1.44 bits per heavy atom. The first-order valence-corrected chi connectivity index (χ1v) is 18.6. The van der Waals surface area contributed by atoms with E-state index >= 15 is 0 Å². The van der Waals surface area contributed by atoms with Crippen LogP contribution in [0.5, 0.6) is 28.7 Å². The number of aromatic nitrogens is 4. The maximum Gasteiger partial charge on any atom is 0.276 e. The van der Waals surface area contributed by atoms with Crippen LogP contribution in [0.2, 0.25) is 20.4 Å². The Labute approximate surface area is 328 Å². The first-order chi connectivity index (χ1) is 25.9. The molecule has 1 N–H and O–H groups in total. The van der Waals surface area contributed by atoms with Crippen LogP contribution in [0.1, 0.15) is 31.2 Å². The van der Waals surface area contributed by atoms with Gasteiger partial charge in [-0.25, -0.2) is 18.1 Å². The summed E-state index contributed by atoms with van der Waals surface area (Å²) in [6, 6.07) is 18.6. The highest BCUT2D eigenvalue weighted by molar-refractivity contribution is 6.34. The summed E-state index contributed by atoms with van der Waals surface area (Å²) in [5, 5.41) is 10.2. The molecule has 9 nitrogen and oxygen atoms in total. The molecule has 54 heavy (non-hydrogen) atoms. The molecule has 8 rings (SSSR count). The smallest absolute Gasteiger partial charge is 0.276 e. The fourth-order valence-corrected chi connectivity index (χ4v) is 7.68. The monoisotopic (exact) mass is 814 g/mol. The molecule has 0 bridgehead atoms. The van der Waals surface area contributed by atoms with Crippen molar-refractivity contribution in [3.05, 3.63) is 131 Å². The van der Waals surface area contributed by atoms with Crippen molar-refractivity contribution in [3.8, 4) is 51.0 Å². The zero-order valence-corrected chi connectivity index (χ0v) is 31.7. The standard InChI is InChI=1S/C20H17Cl2FN2O2.C19H15Cl2FN2O3/c1-12-5-4-6-13(9-12)27-17-10-14(16(23)11-15(17)21)18-19(22)24-7-2-3-8-25(24)20(18)26;20-14-10-15(22)13(9-16(14)27-12-5-3-4-11(25)8-12)17-18(21)23-6-1-2-7-24(23)19(17)26/h4-6,9-11H,2-3,7-8H2,1H3;3-5,8-10,25H,1-2,6-7H2. The van der Waals surface area contributed by atoms with Crippen molar-refractivity contribution in [2.45, 2.75) is 58.8 Å². The Kier molecular flexibility index (Phi) is 10.9. The van der Waals surface area contributed by atoms with Gasteiger partial charge in [-0.3, -0.25) is 19.0 Å². The van der Waals surface area contributed by atoms with Gasteiger partial charge in [0.2, 0.25) is 0 Å². The normalized spacial score (nSPS) is 13.5. The van der Waals surface area contributed by atoms with E-state index in [-0.39, 0.29) is 71.0 Å². The summed E-state index contributed by atoms with van der Waals surface area (Å²) in [6.07, 6.45) is 3.60. The third-order valence-corrected chi connectivity index (χ3v) is 10.5. The molecular formula is C39H32Cl4F2N4O5. The summed E-state index contributed by atoms with van der Waals surface area (Å²) >= 11 is 25.1. The van der Waals surface area contributed by atoms with Crippen molar-refractivity contribution >= 4 is 46.4 Å². The minimum atomic E-state index is -0.661. The van der Waals surface area contributed by atoms with Crippen molar-refractivity contribution in [2.24, 2.45) is 0 Å². The van der Waals surface area contributed by atoms with Gasteiger partial charge < -0.3 is 14.6 Å². The predicted molar refractivity (Wildman–Crippen MR) is 206 cm³/mol. The summed E-state index contributed by atoms with van der Waals surface area (Å²) in [5.74, 6) is 0.0748. The third kappa shape index (κ3) is 7.38. The molecule has 280 valence electrons. The number of ether oxygens (including phenoxy) is 2. The van der Waals surface area contributed by atoms with Crippen LogP contribution in [-0.4, -0.2) is 23.8 Å². The molecule has 15 heteroatoms. The number of rotatable bonds is 6. The van der Waals surface area contributed by atoms with Gasteiger partial charge in [0, 0.05) is 43.4 Å². The van der Waals surface area contributed by atoms with Gasteiger partial charge in [0.25, 0.3) is 11.1 Å². The Balaban J connectivity index is 0.000000167. The van der Waals surface area contributed by atoms with Crippen molar-refractivity contribution in [2.75, 3.05) is 0 Å². The molecule has 2 aliphatic heterocycles. The lowest BCUT2D eigenvalue weighted by Gasteiger charge is -2.17. The van der Waals surface area contributed by atoms with Gasteiger partial charge in [-0.1, -0.05) is 64.6 Å². The summed E-state index contributed by atoms with van der Waals surface area (Å²) < 4.78 is 47.3. The zero-order chi connectivity index (χ0) is 38.3. The van der Waals surface area contributed by atoms with Gasteiger partial charge in [0.1, 0.15) is 50.7 Å². The van der Waals surface area contributed by atoms with Crippen molar-refractivity contribution in [1.82, 2.24) is 18.7 Å². The number of hydrogen-bond acceptors (Lipinski definition) is 5. The number of benzene rings is 4. The Hall–Kier alpha value is -4.68. The van der Waals surface area contributed by atoms with E-state index in [9.17, 15) is 23.5 Å². The van der Waals surface area contributed by atoms with Crippen LogP contribution in [0.3, 0.4) is 0 Å². The number of nitrogens with zero attached hydrogens (tertiary/aromatic N) is 4. The van der Waals surface area contributed by atoms with Crippen LogP contribution in [0.4, 0.5) is 8.78 Å². The van der Waals surface area contributed by atoms with Crippen LogP contribution in [-0.2, 0) is 26.2 Å². The highest BCUT2D eigenvalue weighted by Gasteiger charge is 2.27. The third-order valence-electron chi connectivity index (χ3n) is 9.17. The maximum atomic E-state index is 14.7. The van der Waals surface area contributed by atoms with Gasteiger partial charge in [0.15, 0.2) is 0 Å². The van der Waals surface area contributed by atoms with E-state index in [1.165, 1.54) is 28.9 Å². The number of hydrogen-bond donors (Lipinski definition) is 1. The largest absolute Gasteiger partial charge is 0.508 e. The molecule has 0 atom stereocenters. The zero-order valence-electron chi connectivity index (χ0n) is 28.7. The maximum absolute atomic E-state index is 14.7. The SMILES string of the molecule is Cc1cccc(Oc2cc(-c3c(Cl)n4n(c3=O)CCCC4)c(F)cc2Cl)c1.O=c1c(-c2cc(Oc3cccc(O)c3)c(Cl)cc2F)c(Cl)n2n1CCCC2. The van der Waals surface area contributed by atoms with Gasteiger partial charge >= 0.3 is 0 Å². The molecule has 4 heterocycles. The van der Waals surface area contributed by atoms with Gasteiger partial charge in [-0.15, -0.1) is 0 Å². The van der Waals surface area contributed by atoms with Crippen LogP contribution in [0, 0.1) is 18.6 Å². The second-order valence-corrected chi connectivity index (χ2v) is 14.4. The summed E-state index contributed by atoms with van der Waals surface area (Å²) in [5.41, 5.74) is 0.722. The molecule has 0 radical (unpaired) electrons. The van der Waals surface area contributed by atoms with Crippen molar-refractivity contribution in [1.29, 1.82) is 0 Å². The van der Waals surface area contributed by atoms with E-state index < -0.39 is 11.6 Å². The quantitative estimate of drug-likeness (QED) is 0.181. The van der Waals surface area contributed by atoms with E-state index in [4.69, 9.17) is 55.9 Å². The molecule has 0 saturated carbocycles. The van der Waals surface area contributed by atoms with E-state index in [0.29, 0.717) is 37.7 Å². The lowest BCUT2D eigenvalue weighted by molar-refractivity contribution is 0.356. The topological polar surface area (TPSA) is 92.6 Å². The second kappa shape index (κ2) is 15.6. The predicted octanol–water partition coefficient (Wildman–Crippen LogP) is 10.7. The molecular weight excluding hydrogens is 784 g/mol.